The van der Waals surface area contributed by atoms with Crippen molar-refractivity contribution in [3.8, 4) is 5.75 Å². The minimum Gasteiger partial charge on any atom is -0.444 e. The van der Waals surface area contributed by atoms with E-state index in [1.807, 2.05) is 77.9 Å². The molecule has 4 aliphatic rings. The number of fused-ring (bicyclic) bond motifs is 3. The normalized spacial score (nSPS) is 20.1. The van der Waals surface area contributed by atoms with Crippen LogP contribution in [0.1, 0.15) is 190 Å². The van der Waals surface area contributed by atoms with Crippen LogP contribution in [0.2, 0.25) is 0 Å². The van der Waals surface area contributed by atoms with Crippen LogP contribution >= 0.6 is 0 Å². The highest BCUT2D eigenvalue weighted by molar-refractivity contribution is 5.96. The van der Waals surface area contributed by atoms with E-state index in [9.17, 15) is 38.4 Å². The van der Waals surface area contributed by atoms with Crippen molar-refractivity contribution in [2.24, 2.45) is 10.8 Å². The largest absolute Gasteiger partial charge is 0.444 e. The molecule has 4 N–H and O–H groups in total. The molecule has 2 aliphatic carbocycles. The van der Waals surface area contributed by atoms with E-state index < -0.39 is 106 Å². The van der Waals surface area contributed by atoms with Gasteiger partial charge in [0.05, 0.1) is 30.4 Å². The van der Waals surface area contributed by atoms with Gasteiger partial charge in [0.2, 0.25) is 35.4 Å². The molecule has 4 aromatic carbocycles. The molecule has 94 heavy (non-hydrogen) atoms. The fourth-order valence-corrected chi connectivity index (χ4v) is 12.5. The highest BCUT2D eigenvalue weighted by Crippen LogP contribution is 2.36. The Morgan fingerprint density at radius 2 is 1.03 bits per heavy atom. The van der Waals surface area contributed by atoms with E-state index in [0.717, 1.165) is 66.3 Å². The van der Waals surface area contributed by atoms with Crippen LogP contribution in [0.5, 0.6) is 5.75 Å². The first-order valence-electron chi connectivity index (χ1n) is 32.9. The summed E-state index contributed by atoms with van der Waals surface area (Å²) in [5, 5.41) is 12.4. The molecular weight excluding hydrogens is 1200 g/mol. The van der Waals surface area contributed by atoms with Gasteiger partial charge < -0.3 is 50.0 Å². The van der Waals surface area contributed by atoms with Crippen LogP contribution in [-0.4, -0.2) is 147 Å². The summed E-state index contributed by atoms with van der Waals surface area (Å²) in [6.07, 6.45) is 3.28. The molecule has 508 valence electrons. The van der Waals surface area contributed by atoms with Crippen LogP contribution in [-0.2, 0) is 75.4 Å². The molecule has 0 spiro atoms. The second-order valence-electron chi connectivity index (χ2n) is 29.8. The number of likely N-dealkylation sites (tertiary alicyclic amines) is 1. The van der Waals surface area contributed by atoms with Crippen LogP contribution in [0, 0.1) is 10.8 Å². The Morgan fingerprint density at radius 3 is 1.51 bits per heavy atom. The van der Waals surface area contributed by atoms with Gasteiger partial charge in [-0.15, -0.1) is 0 Å². The number of hydrogen-bond donors (Lipinski definition) is 4. The monoisotopic (exact) mass is 1290 g/mol. The number of nitrogens with one attached hydrogen (secondary N) is 4. The predicted octanol–water partition coefficient (Wildman–Crippen LogP) is 9.61. The lowest BCUT2D eigenvalue weighted by atomic mass is 9.83. The maximum absolute atomic E-state index is 15.2. The van der Waals surface area contributed by atoms with Crippen molar-refractivity contribution in [3.63, 3.8) is 0 Å². The zero-order valence-electron chi connectivity index (χ0n) is 57.7. The number of aryl methyl sites for hydroxylation is 2. The van der Waals surface area contributed by atoms with Gasteiger partial charge in [0.25, 0.3) is 0 Å². The quantitative estimate of drug-likeness (QED) is 0.0568. The molecule has 8 amide bonds. The standard InChI is InChI=1S/C73H98N8O13/c1-43(78(15)68(89)93-72(9,10)11)61(82)76-59(70(3,4)5)65(86)80-40-50-37-51(36-35-49(50)38-57(80)63(84)74-55-29-21-25-46-23-17-19-27-53(46)55)92-67(88)48-33-31-45(32-34-48)42-91-52-39-58(64(85)75-56-30-22-26-47-24-18-20-28-54(47)56)81(41-52)66(87)60(71(6,7)8)77-62(83)44(2)79(16)69(90)94-73(12,13)14/h17-20,23-24,27-28,31-37,43-44,52,55-60H,21-22,25-26,29-30,38-42H2,1-16H3,(H,74,84)(H,75,85)(H,76,82)(H,77,83)/t43?,44?,52-,55+,56+,57?,58-,59?,60?/m0/s1. The first-order valence-corrected chi connectivity index (χ1v) is 32.9. The highest BCUT2D eigenvalue weighted by atomic mass is 16.6. The molecule has 1 saturated heterocycles. The van der Waals surface area contributed by atoms with Crippen molar-refractivity contribution in [1.82, 2.24) is 40.9 Å². The number of ether oxygens (including phenoxy) is 4. The Labute approximate surface area is 554 Å². The van der Waals surface area contributed by atoms with Crippen LogP contribution in [0.3, 0.4) is 0 Å². The summed E-state index contributed by atoms with van der Waals surface area (Å²) in [4.78, 5) is 133. The van der Waals surface area contributed by atoms with Crippen molar-refractivity contribution in [2.45, 2.75) is 227 Å². The van der Waals surface area contributed by atoms with E-state index in [1.54, 1.807) is 97.9 Å². The molecule has 0 aromatic heterocycles. The molecule has 8 rings (SSSR count). The Hall–Kier alpha value is -8.33. The molecule has 21 heteroatoms. The van der Waals surface area contributed by atoms with Gasteiger partial charge in [0.15, 0.2) is 0 Å². The summed E-state index contributed by atoms with van der Waals surface area (Å²) in [6, 6.07) is 21.1. The Kier molecular flexibility index (Phi) is 22.2. The first kappa shape index (κ1) is 71.5. The summed E-state index contributed by atoms with van der Waals surface area (Å²) in [5.41, 5.74) is 3.41. The number of benzene rings is 4. The van der Waals surface area contributed by atoms with Crippen molar-refractivity contribution in [3.05, 3.63) is 136 Å². The lowest BCUT2D eigenvalue weighted by molar-refractivity contribution is -0.147. The maximum atomic E-state index is 15.2. The maximum Gasteiger partial charge on any atom is 0.410 e. The number of rotatable bonds is 17. The number of esters is 1. The highest BCUT2D eigenvalue weighted by Gasteiger charge is 2.48. The van der Waals surface area contributed by atoms with Gasteiger partial charge in [-0.1, -0.05) is 108 Å². The second kappa shape index (κ2) is 29.1. The molecule has 0 bridgehead atoms. The molecule has 2 aliphatic heterocycles. The topological polar surface area (TPSA) is 252 Å². The lowest BCUT2D eigenvalue weighted by Gasteiger charge is -2.42. The van der Waals surface area contributed by atoms with E-state index in [-0.39, 0.29) is 67.7 Å². The molecule has 1 fully saturated rings. The van der Waals surface area contributed by atoms with Crippen molar-refractivity contribution < 1.29 is 62.1 Å². The third-order valence-corrected chi connectivity index (χ3v) is 18.1. The van der Waals surface area contributed by atoms with E-state index in [1.165, 1.54) is 33.7 Å². The van der Waals surface area contributed by atoms with Gasteiger partial charge in [-0.3, -0.25) is 38.6 Å². The Morgan fingerprint density at radius 1 is 0.564 bits per heavy atom. The van der Waals surface area contributed by atoms with Crippen LogP contribution in [0.15, 0.2) is 91.0 Å². The lowest BCUT2D eigenvalue weighted by Crippen LogP contribution is -2.62. The number of likely N-dealkylation sites (N-methyl/N-ethyl adjacent to an activating group) is 2. The minimum atomic E-state index is -1.15. The molecule has 5 unspecified atom stereocenters. The molecule has 0 saturated carbocycles. The first-order chi connectivity index (χ1) is 44.0. The summed E-state index contributed by atoms with van der Waals surface area (Å²) in [6.45, 7) is 24.4. The Balaban J connectivity index is 0.972. The fourth-order valence-electron chi connectivity index (χ4n) is 12.5. The van der Waals surface area contributed by atoms with Crippen molar-refractivity contribution >= 4 is 53.6 Å². The zero-order chi connectivity index (χ0) is 68.9. The van der Waals surface area contributed by atoms with Crippen molar-refractivity contribution in [2.75, 3.05) is 20.6 Å². The van der Waals surface area contributed by atoms with Gasteiger partial charge in [0, 0.05) is 40.0 Å². The van der Waals surface area contributed by atoms with E-state index in [0.29, 0.717) is 11.1 Å². The molecule has 0 radical (unpaired) electrons. The third kappa shape index (κ3) is 17.7. The summed E-state index contributed by atoms with van der Waals surface area (Å²) in [7, 11) is 2.91. The Bertz CT molecular complexity index is 3470. The third-order valence-electron chi connectivity index (χ3n) is 18.1. The molecule has 4 aromatic rings. The minimum absolute atomic E-state index is 0.0383. The number of hydrogen-bond acceptors (Lipinski definition) is 13. The molecule has 2 heterocycles. The van der Waals surface area contributed by atoms with E-state index in [4.69, 9.17) is 18.9 Å². The summed E-state index contributed by atoms with van der Waals surface area (Å²) in [5.74, 6) is -3.29. The zero-order valence-corrected chi connectivity index (χ0v) is 57.7. The van der Waals surface area contributed by atoms with Crippen molar-refractivity contribution in [1.29, 1.82) is 0 Å². The average molecular weight is 1300 g/mol. The number of carbonyl (C=O) groups is 9. The fraction of sp³-hybridized carbons (Fsp3) is 0.548. The van der Waals surface area contributed by atoms with Gasteiger partial charge >= 0.3 is 18.2 Å². The van der Waals surface area contributed by atoms with Gasteiger partial charge in [-0.05, 0) is 168 Å². The average Bonchev–Trinajstić information content (AvgIpc) is 1.04. The van der Waals surface area contributed by atoms with E-state index >= 15 is 4.79 Å². The summed E-state index contributed by atoms with van der Waals surface area (Å²) >= 11 is 0. The van der Waals surface area contributed by atoms with Gasteiger partial charge in [-0.2, -0.15) is 0 Å². The smallest absolute Gasteiger partial charge is 0.410 e. The van der Waals surface area contributed by atoms with Crippen LogP contribution in [0.4, 0.5) is 9.59 Å². The van der Waals surface area contributed by atoms with Gasteiger partial charge in [0.1, 0.15) is 53.2 Å². The molecule has 21 nitrogen and oxygen atoms in total. The predicted molar refractivity (Wildman–Crippen MR) is 355 cm³/mol. The van der Waals surface area contributed by atoms with Gasteiger partial charge in [-0.25, -0.2) is 14.4 Å². The van der Waals surface area contributed by atoms with Crippen LogP contribution in [0.25, 0.3) is 0 Å². The summed E-state index contributed by atoms with van der Waals surface area (Å²) < 4.78 is 23.5. The second-order valence-corrected chi connectivity index (χ2v) is 29.8. The molecule has 9 atom stereocenters. The number of carbonyl (C=O) groups excluding carboxylic acids is 9. The number of amides is 8. The van der Waals surface area contributed by atoms with E-state index in [2.05, 4.69) is 33.4 Å². The SMILES string of the molecule is CC(C(=O)NC(C(=O)N1Cc2cc(OC(=O)c3ccc(CO[C@H]4C[C@@H](C(=O)N[C@@H]5CCCc6ccccc65)N(C(=O)C(NC(=O)C(C)N(C)C(=O)OC(C)(C)C)C(C)(C)C)C4)cc3)ccc2CC1C(=O)N[C@@H]1CCCc2ccccc21)C(C)(C)C)N(C)C(=O)OC(C)(C)C. The number of nitrogens with zero attached hydrogens (tertiary/aromatic N) is 4. The van der Waals surface area contributed by atoms with Crippen LogP contribution < -0.4 is 26.0 Å². The molecular formula is C73H98N8O13.